The molecule has 1 amide bonds. The van der Waals surface area contributed by atoms with Crippen LogP contribution in [0.3, 0.4) is 0 Å². The molecular formula is C47H93NO4. The molecule has 0 aliphatic carbocycles. The predicted molar refractivity (Wildman–Crippen MR) is 227 cm³/mol. The van der Waals surface area contributed by atoms with E-state index in [0.29, 0.717) is 12.8 Å². The highest BCUT2D eigenvalue weighted by Crippen LogP contribution is 2.17. The van der Waals surface area contributed by atoms with Gasteiger partial charge in [-0.1, -0.05) is 225 Å². The molecule has 5 heteroatoms. The van der Waals surface area contributed by atoms with Crippen LogP contribution in [0.25, 0.3) is 0 Å². The van der Waals surface area contributed by atoms with Gasteiger partial charge in [-0.3, -0.25) is 4.79 Å². The lowest BCUT2D eigenvalue weighted by Gasteiger charge is -2.26. The number of aliphatic hydroxyl groups excluding tert-OH is 3. The summed E-state index contributed by atoms with van der Waals surface area (Å²) in [5.74, 6) is -0.143. The molecule has 0 rings (SSSR count). The summed E-state index contributed by atoms with van der Waals surface area (Å²) in [7, 11) is 0. The molecule has 310 valence electrons. The van der Waals surface area contributed by atoms with Crippen molar-refractivity contribution in [3.63, 3.8) is 0 Å². The number of aliphatic hydroxyl groups is 3. The van der Waals surface area contributed by atoms with Crippen molar-refractivity contribution < 1.29 is 20.1 Å². The second-order valence-corrected chi connectivity index (χ2v) is 16.3. The maximum atomic E-state index is 12.4. The molecule has 0 aromatic carbocycles. The van der Waals surface area contributed by atoms with Crippen LogP contribution >= 0.6 is 0 Å². The zero-order valence-corrected chi connectivity index (χ0v) is 35.2. The van der Waals surface area contributed by atoms with Crippen LogP contribution in [0.15, 0.2) is 12.2 Å². The number of amides is 1. The molecule has 0 aliphatic rings. The summed E-state index contributed by atoms with van der Waals surface area (Å²) in [6.07, 6.45) is 50.6. The Morgan fingerprint density at radius 3 is 1.12 bits per heavy atom. The van der Waals surface area contributed by atoms with Gasteiger partial charge in [0.1, 0.15) is 6.10 Å². The number of carbonyl (C=O) groups excluding carboxylic acids is 1. The van der Waals surface area contributed by atoms with Gasteiger partial charge in [-0.05, 0) is 38.5 Å². The van der Waals surface area contributed by atoms with Gasteiger partial charge in [0, 0.05) is 6.42 Å². The monoisotopic (exact) mass is 736 g/mol. The van der Waals surface area contributed by atoms with Gasteiger partial charge < -0.3 is 20.6 Å². The van der Waals surface area contributed by atoms with E-state index in [1.807, 2.05) is 0 Å². The Balaban J connectivity index is 3.50. The second kappa shape index (κ2) is 42.8. The molecule has 0 saturated heterocycles. The third kappa shape index (κ3) is 37.4. The Kier molecular flexibility index (Phi) is 42.1. The number of carbonyl (C=O) groups is 1. The van der Waals surface area contributed by atoms with Crippen LogP contribution < -0.4 is 5.32 Å². The van der Waals surface area contributed by atoms with E-state index in [4.69, 9.17) is 0 Å². The van der Waals surface area contributed by atoms with Gasteiger partial charge in [0.15, 0.2) is 0 Å². The van der Waals surface area contributed by atoms with Gasteiger partial charge in [-0.25, -0.2) is 0 Å². The molecule has 52 heavy (non-hydrogen) atoms. The quantitative estimate of drug-likeness (QED) is 0.0371. The summed E-state index contributed by atoms with van der Waals surface area (Å²) in [6.45, 7) is 4.17. The standard InChI is InChI=1S/C47H93NO4/c1-3-5-7-9-11-13-15-16-17-18-19-20-21-22-23-24-25-26-27-28-29-30-31-32-34-36-38-40-42-46(51)48-44(43-49)47(52)45(50)41-39-37-35-33-14-12-10-8-6-4-2/h22-23,44-45,47,49-50,52H,3-21,24-43H2,1-2H3,(H,48,51)/b23-22-. The second-order valence-electron chi connectivity index (χ2n) is 16.3. The molecule has 3 unspecified atom stereocenters. The van der Waals surface area contributed by atoms with Gasteiger partial charge >= 0.3 is 0 Å². The third-order valence-electron chi connectivity index (χ3n) is 11.1. The van der Waals surface area contributed by atoms with E-state index in [-0.39, 0.29) is 12.5 Å². The molecule has 0 aromatic rings. The van der Waals surface area contributed by atoms with Crippen molar-refractivity contribution in [3.8, 4) is 0 Å². The Labute approximate surface area is 325 Å². The minimum absolute atomic E-state index is 0.143. The zero-order chi connectivity index (χ0) is 38.0. The maximum absolute atomic E-state index is 12.4. The van der Waals surface area contributed by atoms with Crippen molar-refractivity contribution >= 4 is 5.91 Å². The number of nitrogens with one attached hydrogen (secondary N) is 1. The van der Waals surface area contributed by atoms with Crippen LogP contribution in [0, 0.1) is 0 Å². The molecule has 5 nitrogen and oxygen atoms in total. The van der Waals surface area contributed by atoms with E-state index in [9.17, 15) is 20.1 Å². The summed E-state index contributed by atoms with van der Waals surface area (Å²) in [6, 6.07) is -0.804. The lowest BCUT2D eigenvalue weighted by atomic mass is 9.99. The SMILES string of the molecule is CCCCCCCCCCCCCC/C=C\CCCCCCCCCCCCCCC(=O)NC(CO)C(O)C(O)CCCCCCCCCCCC. The van der Waals surface area contributed by atoms with Gasteiger partial charge in [0.2, 0.25) is 5.91 Å². The van der Waals surface area contributed by atoms with Crippen molar-refractivity contribution in [2.75, 3.05) is 6.61 Å². The summed E-state index contributed by atoms with van der Waals surface area (Å²) in [5, 5.41) is 33.4. The molecular weight excluding hydrogens is 643 g/mol. The summed E-state index contributed by atoms with van der Waals surface area (Å²) < 4.78 is 0. The molecule has 0 radical (unpaired) electrons. The maximum Gasteiger partial charge on any atom is 0.220 e. The Morgan fingerprint density at radius 1 is 0.462 bits per heavy atom. The minimum Gasteiger partial charge on any atom is -0.394 e. The molecule has 4 N–H and O–H groups in total. The van der Waals surface area contributed by atoms with Crippen LogP contribution in [0.4, 0.5) is 0 Å². The van der Waals surface area contributed by atoms with Gasteiger partial charge in [-0.15, -0.1) is 0 Å². The number of rotatable bonds is 43. The molecule has 0 heterocycles. The van der Waals surface area contributed by atoms with E-state index >= 15 is 0 Å². The van der Waals surface area contributed by atoms with Gasteiger partial charge in [0.05, 0.1) is 18.8 Å². The molecule has 0 saturated carbocycles. The summed E-state index contributed by atoms with van der Waals surface area (Å²) >= 11 is 0. The molecule has 0 fully saturated rings. The molecule has 0 spiro atoms. The minimum atomic E-state index is -1.13. The molecule has 0 aliphatic heterocycles. The zero-order valence-electron chi connectivity index (χ0n) is 35.2. The van der Waals surface area contributed by atoms with E-state index in [1.165, 1.54) is 193 Å². The topological polar surface area (TPSA) is 89.8 Å². The first-order chi connectivity index (χ1) is 25.6. The number of allylic oxidation sites excluding steroid dienone is 2. The Morgan fingerprint density at radius 2 is 0.769 bits per heavy atom. The number of unbranched alkanes of at least 4 members (excludes halogenated alkanes) is 33. The van der Waals surface area contributed by atoms with E-state index in [2.05, 4.69) is 31.3 Å². The smallest absolute Gasteiger partial charge is 0.220 e. The number of hydrogen-bond acceptors (Lipinski definition) is 4. The first-order valence-electron chi connectivity index (χ1n) is 23.5. The van der Waals surface area contributed by atoms with Gasteiger partial charge in [-0.2, -0.15) is 0 Å². The molecule has 0 bridgehead atoms. The third-order valence-corrected chi connectivity index (χ3v) is 11.1. The van der Waals surface area contributed by atoms with Crippen molar-refractivity contribution in [3.05, 3.63) is 12.2 Å². The summed E-state index contributed by atoms with van der Waals surface area (Å²) in [5.41, 5.74) is 0. The Bertz CT molecular complexity index is 728. The highest BCUT2D eigenvalue weighted by molar-refractivity contribution is 5.76. The first kappa shape index (κ1) is 51.1. The normalized spacial score (nSPS) is 13.6. The fraction of sp³-hybridized carbons (Fsp3) is 0.936. The van der Waals surface area contributed by atoms with Crippen molar-refractivity contribution in [2.24, 2.45) is 0 Å². The highest BCUT2D eigenvalue weighted by atomic mass is 16.3. The van der Waals surface area contributed by atoms with Crippen LogP contribution in [-0.2, 0) is 4.79 Å². The Hall–Kier alpha value is -0.910. The lowest BCUT2D eigenvalue weighted by molar-refractivity contribution is -0.124. The van der Waals surface area contributed by atoms with E-state index in [1.54, 1.807) is 0 Å². The van der Waals surface area contributed by atoms with E-state index < -0.39 is 18.2 Å². The van der Waals surface area contributed by atoms with E-state index in [0.717, 1.165) is 38.5 Å². The number of hydrogen-bond donors (Lipinski definition) is 4. The van der Waals surface area contributed by atoms with Gasteiger partial charge in [0.25, 0.3) is 0 Å². The van der Waals surface area contributed by atoms with Crippen molar-refractivity contribution in [1.29, 1.82) is 0 Å². The van der Waals surface area contributed by atoms with Crippen molar-refractivity contribution in [1.82, 2.24) is 5.32 Å². The molecule has 3 atom stereocenters. The fourth-order valence-electron chi connectivity index (χ4n) is 7.45. The largest absolute Gasteiger partial charge is 0.394 e. The highest BCUT2D eigenvalue weighted by Gasteiger charge is 2.26. The van der Waals surface area contributed by atoms with Crippen LogP contribution in [0.5, 0.6) is 0 Å². The predicted octanol–water partition coefficient (Wildman–Crippen LogP) is 13.6. The fourth-order valence-corrected chi connectivity index (χ4v) is 7.45. The lowest BCUT2D eigenvalue weighted by Crippen LogP contribution is -2.50. The van der Waals surface area contributed by atoms with Crippen molar-refractivity contribution in [2.45, 2.75) is 276 Å². The first-order valence-corrected chi connectivity index (χ1v) is 23.5. The average molecular weight is 736 g/mol. The average Bonchev–Trinajstić information content (AvgIpc) is 3.15. The van der Waals surface area contributed by atoms with Crippen LogP contribution in [-0.4, -0.2) is 46.1 Å². The molecule has 0 aromatic heterocycles. The summed E-state index contributed by atoms with van der Waals surface area (Å²) in [4.78, 5) is 12.4. The van der Waals surface area contributed by atoms with Crippen LogP contribution in [0.2, 0.25) is 0 Å². The van der Waals surface area contributed by atoms with Crippen LogP contribution in [0.1, 0.15) is 258 Å².